The van der Waals surface area contributed by atoms with E-state index in [1.165, 1.54) is 0 Å². The van der Waals surface area contributed by atoms with Gasteiger partial charge in [0.15, 0.2) is 0 Å². The Morgan fingerprint density at radius 1 is 1.08 bits per heavy atom. The fourth-order valence-electron chi connectivity index (χ4n) is 2.91. The topological polar surface area (TPSA) is 69.6 Å². The van der Waals surface area contributed by atoms with Crippen molar-refractivity contribution >= 4 is 11.8 Å². The highest BCUT2D eigenvalue weighted by molar-refractivity contribution is 5.90. The molecule has 2 aromatic carbocycles. The Kier molecular flexibility index (Phi) is 4.79. The second-order valence-corrected chi connectivity index (χ2v) is 5.95. The molecule has 2 amide bonds. The van der Waals surface area contributed by atoms with Crippen LogP contribution in [0.4, 0.5) is 0 Å². The molecule has 2 N–H and O–H groups in total. The minimum absolute atomic E-state index is 0.0173. The van der Waals surface area contributed by atoms with E-state index < -0.39 is 6.04 Å². The van der Waals surface area contributed by atoms with Crippen molar-refractivity contribution in [1.29, 1.82) is 0 Å². The zero-order chi connectivity index (χ0) is 16.9. The van der Waals surface area contributed by atoms with E-state index in [-0.39, 0.29) is 17.6 Å². The molecule has 5 heteroatoms. The molecule has 124 valence electrons. The SMILES string of the molecule is O=C(NCc1ccc(O)cc1)[C@@H]1CCC(=O)N1Cc1ccccc1. The number of hydrogen-bond donors (Lipinski definition) is 2. The van der Waals surface area contributed by atoms with Crippen LogP contribution >= 0.6 is 0 Å². The quantitative estimate of drug-likeness (QED) is 0.886. The zero-order valence-electron chi connectivity index (χ0n) is 13.3. The Morgan fingerprint density at radius 2 is 1.79 bits per heavy atom. The van der Waals surface area contributed by atoms with E-state index in [0.717, 1.165) is 11.1 Å². The molecule has 1 aliphatic heterocycles. The number of rotatable bonds is 5. The summed E-state index contributed by atoms with van der Waals surface area (Å²) >= 11 is 0. The predicted molar refractivity (Wildman–Crippen MR) is 90.0 cm³/mol. The van der Waals surface area contributed by atoms with E-state index >= 15 is 0 Å². The van der Waals surface area contributed by atoms with Gasteiger partial charge in [0.05, 0.1) is 0 Å². The van der Waals surface area contributed by atoms with Gasteiger partial charge in [-0.2, -0.15) is 0 Å². The van der Waals surface area contributed by atoms with E-state index in [4.69, 9.17) is 0 Å². The molecule has 3 rings (SSSR count). The Hall–Kier alpha value is -2.82. The summed E-state index contributed by atoms with van der Waals surface area (Å²) in [7, 11) is 0. The summed E-state index contributed by atoms with van der Waals surface area (Å²) in [4.78, 5) is 26.3. The van der Waals surface area contributed by atoms with Crippen molar-refractivity contribution in [2.75, 3.05) is 0 Å². The van der Waals surface area contributed by atoms with Crippen LogP contribution in [-0.2, 0) is 22.7 Å². The van der Waals surface area contributed by atoms with E-state index in [2.05, 4.69) is 5.32 Å². The van der Waals surface area contributed by atoms with Gasteiger partial charge >= 0.3 is 0 Å². The number of carbonyl (C=O) groups excluding carboxylic acids is 2. The third kappa shape index (κ3) is 3.74. The molecule has 0 spiro atoms. The average molecular weight is 324 g/mol. The highest BCUT2D eigenvalue weighted by Crippen LogP contribution is 2.22. The lowest BCUT2D eigenvalue weighted by molar-refractivity contribution is -0.135. The molecule has 5 nitrogen and oxygen atoms in total. The van der Waals surface area contributed by atoms with Crippen molar-refractivity contribution in [3.8, 4) is 5.75 Å². The lowest BCUT2D eigenvalue weighted by Crippen LogP contribution is -2.44. The number of hydrogen-bond acceptors (Lipinski definition) is 3. The van der Waals surface area contributed by atoms with Crippen LogP contribution in [-0.4, -0.2) is 27.9 Å². The lowest BCUT2D eigenvalue weighted by atomic mass is 10.1. The lowest BCUT2D eigenvalue weighted by Gasteiger charge is -2.24. The molecule has 0 unspecified atom stereocenters. The number of phenols is 1. The van der Waals surface area contributed by atoms with Crippen LogP contribution in [0.25, 0.3) is 0 Å². The predicted octanol–water partition coefficient (Wildman–Crippen LogP) is 2.20. The zero-order valence-corrected chi connectivity index (χ0v) is 13.3. The van der Waals surface area contributed by atoms with Gasteiger partial charge < -0.3 is 15.3 Å². The van der Waals surface area contributed by atoms with Gasteiger partial charge in [-0.25, -0.2) is 0 Å². The molecule has 0 aromatic heterocycles. The number of aromatic hydroxyl groups is 1. The normalized spacial score (nSPS) is 17.1. The van der Waals surface area contributed by atoms with Crippen molar-refractivity contribution in [2.24, 2.45) is 0 Å². The Balaban J connectivity index is 1.62. The third-order valence-electron chi connectivity index (χ3n) is 4.23. The van der Waals surface area contributed by atoms with Crippen LogP contribution in [0.15, 0.2) is 54.6 Å². The van der Waals surface area contributed by atoms with Crippen molar-refractivity contribution < 1.29 is 14.7 Å². The van der Waals surface area contributed by atoms with E-state index in [9.17, 15) is 14.7 Å². The monoisotopic (exact) mass is 324 g/mol. The molecule has 1 saturated heterocycles. The molecular weight excluding hydrogens is 304 g/mol. The highest BCUT2D eigenvalue weighted by Gasteiger charge is 2.35. The summed E-state index contributed by atoms with van der Waals surface area (Å²) < 4.78 is 0. The van der Waals surface area contributed by atoms with Gasteiger partial charge in [0.1, 0.15) is 11.8 Å². The number of carbonyl (C=O) groups is 2. The number of likely N-dealkylation sites (tertiary alicyclic amines) is 1. The molecule has 1 heterocycles. The van der Waals surface area contributed by atoms with Crippen LogP contribution in [0.3, 0.4) is 0 Å². The van der Waals surface area contributed by atoms with Gasteiger partial charge in [-0.05, 0) is 29.7 Å². The summed E-state index contributed by atoms with van der Waals surface area (Å²) in [6.07, 6.45) is 0.956. The second-order valence-electron chi connectivity index (χ2n) is 5.95. The Bertz CT molecular complexity index is 713. The molecule has 1 fully saturated rings. The number of nitrogens with one attached hydrogen (secondary N) is 1. The minimum atomic E-state index is -0.421. The molecule has 0 aliphatic carbocycles. The van der Waals surface area contributed by atoms with Crippen LogP contribution in [0.2, 0.25) is 0 Å². The van der Waals surface area contributed by atoms with Gasteiger partial charge in [0, 0.05) is 19.5 Å². The molecule has 0 radical (unpaired) electrons. The van der Waals surface area contributed by atoms with Crippen molar-refractivity contribution in [2.45, 2.75) is 32.0 Å². The van der Waals surface area contributed by atoms with Gasteiger partial charge in [-0.1, -0.05) is 42.5 Å². The van der Waals surface area contributed by atoms with Crippen LogP contribution < -0.4 is 5.32 Å². The minimum Gasteiger partial charge on any atom is -0.508 e. The van der Waals surface area contributed by atoms with E-state index in [0.29, 0.717) is 25.9 Å². The maximum absolute atomic E-state index is 12.5. The molecule has 24 heavy (non-hydrogen) atoms. The van der Waals surface area contributed by atoms with Crippen molar-refractivity contribution in [3.63, 3.8) is 0 Å². The van der Waals surface area contributed by atoms with E-state index in [1.54, 1.807) is 29.2 Å². The molecule has 0 saturated carbocycles. The van der Waals surface area contributed by atoms with Gasteiger partial charge in [-0.3, -0.25) is 9.59 Å². The standard InChI is InChI=1S/C19H20N2O3/c22-16-8-6-14(7-9-16)12-20-19(24)17-10-11-18(23)21(17)13-15-4-2-1-3-5-15/h1-9,17,22H,10-13H2,(H,20,24)/t17-/m0/s1. The van der Waals surface area contributed by atoms with Gasteiger partial charge in [-0.15, -0.1) is 0 Å². The first kappa shape index (κ1) is 16.1. The first-order chi connectivity index (χ1) is 11.6. The molecule has 0 bridgehead atoms. The third-order valence-corrected chi connectivity index (χ3v) is 4.23. The second kappa shape index (κ2) is 7.17. The summed E-state index contributed by atoms with van der Waals surface area (Å²) in [5.74, 6) is 0.0778. The summed E-state index contributed by atoms with van der Waals surface area (Å²) in [5.41, 5.74) is 1.92. The largest absolute Gasteiger partial charge is 0.508 e. The first-order valence-corrected chi connectivity index (χ1v) is 8.02. The summed E-state index contributed by atoms with van der Waals surface area (Å²) in [5, 5.41) is 12.2. The maximum atomic E-state index is 12.5. The fourth-order valence-corrected chi connectivity index (χ4v) is 2.91. The average Bonchev–Trinajstić information content (AvgIpc) is 2.96. The molecular formula is C19H20N2O3. The van der Waals surface area contributed by atoms with E-state index in [1.807, 2.05) is 30.3 Å². The van der Waals surface area contributed by atoms with Gasteiger partial charge in [0.25, 0.3) is 0 Å². The fraction of sp³-hybridized carbons (Fsp3) is 0.263. The van der Waals surface area contributed by atoms with Crippen molar-refractivity contribution in [3.05, 3.63) is 65.7 Å². The molecule has 2 aromatic rings. The summed E-state index contributed by atoms with van der Waals surface area (Å²) in [6.45, 7) is 0.833. The number of benzene rings is 2. The number of phenolic OH excluding ortho intramolecular Hbond substituents is 1. The number of amides is 2. The maximum Gasteiger partial charge on any atom is 0.243 e. The van der Waals surface area contributed by atoms with Crippen LogP contribution in [0, 0.1) is 0 Å². The first-order valence-electron chi connectivity index (χ1n) is 8.02. The van der Waals surface area contributed by atoms with Crippen molar-refractivity contribution in [1.82, 2.24) is 10.2 Å². The summed E-state index contributed by atoms with van der Waals surface area (Å²) in [6, 6.07) is 16.0. The smallest absolute Gasteiger partial charge is 0.243 e. The highest BCUT2D eigenvalue weighted by atomic mass is 16.3. The van der Waals surface area contributed by atoms with Crippen LogP contribution in [0.1, 0.15) is 24.0 Å². The molecule has 1 atom stereocenters. The Morgan fingerprint density at radius 3 is 2.50 bits per heavy atom. The Labute approximate surface area is 140 Å². The molecule has 1 aliphatic rings. The van der Waals surface area contributed by atoms with Crippen LogP contribution in [0.5, 0.6) is 5.75 Å². The number of nitrogens with zero attached hydrogens (tertiary/aromatic N) is 1. The van der Waals surface area contributed by atoms with Gasteiger partial charge in [0.2, 0.25) is 11.8 Å².